The number of rotatable bonds is 7. The Bertz CT molecular complexity index is 1840. The first-order valence-corrected chi connectivity index (χ1v) is 15.6. The van der Waals surface area contributed by atoms with Gasteiger partial charge >= 0.3 is 0 Å². The molecule has 0 unspecified atom stereocenters. The van der Waals surface area contributed by atoms with Gasteiger partial charge < -0.3 is 24.3 Å². The first-order chi connectivity index (χ1) is 21.5. The van der Waals surface area contributed by atoms with Crippen LogP contribution < -0.4 is 9.47 Å². The van der Waals surface area contributed by atoms with Crippen LogP contribution in [0.3, 0.4) is 0 Å². The molecule has 7 heteroatoms. The summed E-state index contributed by atoms with van der Waals surface area (Å²) in [6.45, 7) is 4.16. The zero-order chi connectivity index (χ0) is 29.6. The van der Waals surface area contributed by atoms with Gasteiger partial charge in [0.05, 0.1) is 22.4 Å². The van der Waals surface area contributed by atoms with Crippen LogP contribution in [-0.2, 0) is 6.42 Å². The van der Waals surface area contributed by atoms with Gasteiger partial charge in [-0.3, -0.25) is 4.99 Å². The standard InChI is InChI=1S/C37H37N5O2/c1-41-17-15-31(22-41)43-29-10-5-24(6-11-29)34-21-28-4-3-26(19-35(28)38-34)27-9-14-33-36(20-27)40-37(39-33)25-7-12-30(13-8-25)44-32-16-18-42(2)23-32/h3-14,19-20,31-32H,15-18,21-23H2,1-2H3,(H,39,40)/t31-,32-/m1/s1. The van der Waals surface area contributed by atoms with Crippen molar-refractivity contribution >= 4 is 22.4 Å². The van der Waals surface area contributed by atoms with Crippen LogP contribution in [0.25, 0.3) is 33.5 Å². The molecule has 0 bridgehead atoms. The van der Waals surface area contributed by atoms with Gasteiger partial charge in [0, 0.05) is 38.2 Å². The summed E-state index contributed by atoms with van der Waals surface area (Å²) < 4.78 is 12.3. The van der Waals surface area contributed by atoms with E-state index in [1.54, 1.807) is 0 Å². The molecular formula is C37H37N5O2. The van der Waals surface area contributed by atoms with E-state index in [4.69, 9.17) is 19.5 Å². The largest absolute Gasteiger partial charge is 0.489 e. The number of hydrogen-bond acceptors (Lipinski definition) is 6. The highest BCUT2D eigenvalue weighted by atomic mass is 16.5. The topological polar surface area (TPSA) is 66.0 Å². The molecule has 4 aromatic carbocycles. The molecule has 3 aliphatic rings. The monoisotopic (exact) mass is 583 g/mol. The molecule has 5 aromatic rings. The van der Waals surface area contributed by atoms with E-state index in [9.17, 15) is 0 Å². The minimum Gasteiger partial charge on any atom is -0.489 e. The van der Waals surface area contributed by atoms with E-state index in [-0.39, 0.29) is 12.2 Å². The summed E-state index contributed by atoms with van der Waals surface area (Å²) in [7, 11) is 4.28. The van der Waals surface area contributed by atoms with Gasteiger partial charge in [0.25, 0.3) is 0 Å². The number of fused-ring (bicyclic) bond motifs is 2. The van der Waals surface area contributed by atoms with Gasteiger partial charge in [-0.1, -0.05) is 18.2 Å². The number of nitrogens with one attached hydrogen (secondary N) is 1. The minimum atomic E-state index is 0.266. The number of nitrogens with zero attached hydrogens (tertiary/aromatic N) is 4. The van der Waals surface area contributed by atoms with Crippen molar-refractivity contribution in [1.29, 1.82) is 0 Å². The molecule has 7 nitrogen and oxygen atoms in total. The lowest BCUT2D eigenvalue weighted by Crippen LogP contribution is -2.21. The molecule has 2 saturated heterocycles. The smallest absolute Gasteiger partial charge is 0.138 e. The summed E-state index contributed by atoms with van der Waals surface area (Å²) in [5.74, 6) is 2.70. The Balaban J connectivity index is 0.972. The summed E-state index contributed by atoms with van der Waals surface area (Å²) in [5, 5.41) is 0. The Morgan fingerprint density at radius 2 is 1.27 bits per heavy atom. The number of aromatic nitrogens is 2. The third kappa shape index (κ3) is 5.49. The number of ether oxygens (including phenoxy) is 2. The van der Waals surface area contributed by atoms with Crippen molar-refractivity contribution < 1.29 is 9.47 Å². The van der Waals surface area contributed by atoms with E-state index in [1.165, 1.54) is 5.56 Å². The zero-order valence-corrected chi connectivity index (χ0v) is 25.3. The Kier molecular flexibility index (Phi) is 6.92. The molecule has 8 rings (SSSR count). The maximum absolute atomic E-state index is 6.18. The van der Waals surface area contributed by atoms with E-state index in [0.29, 0.717) is 0 Å². The lowest BCUT2D eigenvalue weighted by atomic mass is 10.00. The highest BCUT2D eigenvalue weighted by Gasteiger charge is 2.22. The van der Waals surface area contributed by atoms with E-state index in [2.05, 4.69) is 102 Å². The number of likely N-dealkylation sites (tertiary alicyclic amines) is 2. The molecule has 0 amide bonds. The van der Waals surface area contributed by atoms with Crippen molar-refractivity contribution in [3.63, 3.8) is 0 Å². The molecule has 3 aliphatic heterocycles. The fraction of sp³-hybridized carbons (Fsp3) is 0.297. The normalized spacial score (nSPS) is 20.3. The number of aromatic amines is 1. The van der Waals surface area contributed by atoms with Crippen molar-refractivity contribution in [3.8, 4) is 34.0 Å². The average Bonchev–Trinajstić information content (AvgIpc) is 3.84. The lowest BCUT2D eigenvalue weighted by Gasteiger charge is -2.14. The second-order valence-corrected chi connectivity index (χ2v) is 12.5. The number of likely N-dealkylation sites (N-methyl/N-ethyl adjacent to an activating group) is 2. The maximum atomic E-state index is 6.18. The Morgan fingerprint density at radius 1 is 0.682 bits per heavy atom. The van der Waals surface area contributed by atoms with Crippen LogP contribution in [0.4, 0.5) is 5.69 Å². The summed E-state index contributed by atoms with van der Waals surface area (Å²) in [4.78, 5) is 18.1. The second kappa shape index (κ2) is 11.2. The number of benzene rings is 4. The second-order valence-electron chi connectivity index (χ2n) is 12.5. The van der Waals surface area contributed by atoms with Crippen LogP contribution in [0.2, 0.25) is 0 Å². The molecule has 44 heavy (non-hydrogen) atoms. The maximum Gasteiger partial charge on any atom is 0.138 e. The van der Waals surface area contributed by atoms with Gasteiger partial charge in [-0.25, -0.2) is 4.98 Å². The van der Waals surface area contributed by atoms with E-state index in [1.807, 2.05) is 12.1 Å². The van der Waals surface area contributed by atoms with Crippen LogP contribution in [0, 0.1) is 0 Å². The van der Waals surface area contributed by atoms with Crippen molar-refractivity contribution in [2.24, 2.45) is 4.99 Å². The number of aliphatic imine (C=N–C) groups is 1. The molecule has 0 aliphatic carbocycles. The van der Waals surface area contributed by atoms with Gasteiger partial charge in [-0.15, -0.1) is 0 Å². The molecule has 0 radical (unpaired) electrons. The van der Waals surface area contributed by atoms with Crippen LogP contribution in [0.15, 0.2) is 89.9 Å². The van der Waals surface area contributed by atoms with Gasteiger partial charge in [0.2, 0.25) is 0 Å². The fourth-order valence-electron chi connectivity index (χ4n) is 6.64. The van der Waals surface area contributed by atoms with E-state index < -0.39 is 0 Å². The molecule has 4 heterocycles. The molecule has 1 aromatic heterocycles. The SMILES string of the molecule is CN1CC[C@@H](Oc2ccc(C3=Nc4cc(-c5ccc6nc(-c7ccc(O[C@@H]8CCN(C)C8)cc7)[nH]c6c5)ccc4C3)cc2)C1. The molecule has 0 saturated carbocycles. The van der Waals surface area contributed by atoms with Crippen molar-refractivity contribution in [2.45, 2.75) is 31.5 Å². The average molecular weight is 584 g/mol. The molecular weight excluding hydrogens is 546 g/mol. The zero-order valence-electron chi connectivity index (χ0n) is 25.3. The van der Waals surface area contributed by atoms with E-state index in [0.717, 1.165) is 107 Å². The van der Waals surface area contributed by atoms with Crippen LogP contribution in [0.5, 0.6) is 11.5 Å². The Hall–Kier alpha value is -4.46. The van der Waals surface area contributed by atoms with Crippen LogP contribution in [-0.4, -0.2) is 78.0 Å². The van der Waals surface area contributed by atoms with Gasteiger partial charge in [0.1, 0.15) is 29.5 Å². The molecule has 1 N–H and O–H groups in total. The predicted octanol–water partition coefficient (Wildman–Crippen LogP) is 6.74. The van der Waals surface area contributed by atoms with Crippen molar-refractivity contribution in [3.05, 3.63) is 96.1 Å². The predicted molar refractivity (Wildman–Crippen MR) is 176 cm³/mol. The van der Waals surface area contributed by atoms with Crippen LogP contribution in [0.1, 0.15) is 24.0 Å². The third-order valence-corrected chi connectivity index (χ3v) is 9.13. The first kappa shape index (κ1) is 27.1. The first-order valence-electron chi connectivity index (χ1n) is 15.6. The summed E-state index contributed by atoms with van der Waals surface area (Å²) in [5.41, 5.74) is 9.86. The van der Waals surface area contributed by atoms with Gasteiger partial charge in [-0.05, 0) is 116 Å². The summed E-state index contributed by atoms with van der Waals surface area (Å²) >= 11 is 0. The van der Waals surface area contributed by atoms with Crippen LogP contribution >= 0.6 is 0 Å². The molecule has 0 spiro atoms. The highest BCUT2D eigenvalue weighted by Crippen LogP contribution is 2.35. The number of imidazole rings is 1. The van der Waals surface area contributed by atoms with Crippen molar-refractivity contribution in [1.82, 2.24) is 19.8 Å². The minimum absolute atomic E-state index is 0.266. The molecule has 2 fully saturated rings. The number of hydrogen-bond donors (Lipinski definition) is 1. The summed E-state index contributed by atoms with van der Waals surface area (Å²) in [6.07, 6.45) is 3.54. The van der Waals surface area contributed by atoms with E-state index >= 15 is 0 Å². The number of H-pyrrole nitrogens is 1. The fourth-order valence-corrected chi connectivity index (χ4v) is 6.64. The third-order valence-electron chi connectivity index (χ3n) is 9.13. The molecule has 222 valence electrons. The summed E-state index contributed by atoms with van der Waals surface area (Å²) in [6, 6.07) is 29.7. The lowest BCUT2D eigenvalue weighted by molar-refractivity contribution is 0.208. The van der Waals surface area contributed by atoms with Gasteiger partial charge in [0.15, 0.2) is 0 Å². The van der Waals surface area contributed by atoms with Gasteiger partial charge in [-0.2, -0.15) is 0 Å². The van der Waals surface area contributed by atoms with Crippen molar-refractivity contribution in [2.75, 3.05) is 40.3 Å². The molecule has 2 atom stereocenters. The Labute approximate surface area is 258 Å². The highest BCUT2D eigenvalue weighted by molar-refractivity contribution is 6.07. The quantitative estimate of drug-likeness (QED) is 0.230. The Morgan fingerprint density at radius 3 is 1.91 bits per heavy atom.